The van der Waals surface area contributed by atoms with Crippen molar-refractivity contribution < 1.29 is 28.6 Å². The quantitative estimate of drug-likeness (QED) is 0.398. The van der Waals surface area contributed by atoms with Gasteiger partial charge in [0.15, 0.2) is 5.41 Å². The van der Waals surface area contributed by atoms with Crippen LogP contribution in [0.2, 0.25) is 5.02 Å². The number of esters is 3. The summed E-state index contributed by atoms with van der Waals surface area (Å²) in [6, 6.07) is 8.24. The van der Waals surface area contributed by atoms with Crippen molar-refractivity contribution in [1.29, 1.82) is 5.26 Å². The van der Waals surface area contributed by atoms with Gasteiger partial charge in [-0.1, -0.05) is 29.8 Å². The summed E-state index contributed by atoms with van der Waals surface area (Å²) in [7, 11) is 0. The molecule has 8 heteroatoms. The lowest BCUT2D eigenvalue weighted by Crippen LogP contribution is -2.39. The molecule has 1 fully saturated rings. The second-order valence-electron chi connectivity index (χ2n) is 5.84. The zero-order chi connectivity index (χ0) is 20.2. The third kappa shape index (κ3) is 2.85. The number of halogens is 1. The molecule has 1 aromatic carbocycles. The number of benzene rings is 1. The first kappa shape index (κ1) is 20.7. The number of rotatable bonds is 7. The maximum absolute atomic E-state index is 12.9. The molecule has 7 nitrogen and oxygen atoms in total. The molecule has 0 heterocycles. The zero-order valence-electron chi connectivity index (χ0n) is 15.3. The van der Waals surface area contributed by atoms with Crippen LogP contribution in [0.25, 0.3) is 0 Å². The van der Waals surface area contributed by atoms with E-state index in [-0.39, 0.29) is 24.8 Å². The molecular weight excluding hydrogens is 374 g/mol. The fourth-order valence-electron chi connectivity index (χ4n) is 3.50. The van der Waals surface area contributed by atoms with Gasteiger partial charge < -0.3 is 14.2 Å². The lowest BCUT2D eigenvalue weighted by atomic mass is 9.93. The molecule has 0 aliphatic heterocycles. The van der Waals surface area contributed by atoms with Gasteiger partial charge in [-0.15, -0.1) is 0 Å². The Balaban J connectivity index is 2.77. The number of hydrogen-bond acceptors (Lipinski definition) is 7. The van der Waals surface area contributed by atoms with Crippen molar-refractivity contribution in [2.75, 3.05) is 19.8 Å². The van der Waals surface area contributed by atoms with Crippen LogP contribution >= 0.6 is 11.6 Å². The summed E-state index contributed by atoms with van der Waals surface area (Å²) in [5.41, 5.74) is -3.99. The topological polar surface area (TPSA) is 103 Å². The Morgan fingerprint density at radius 3 is 1.93 bits per heavy atom. The summed E-state index contributed by atoms with van der Waals surface area (Å²) >= 11 is 6.25. The van der Waals surface area contributed by atoms with Crippen LogP contribution < -0.4 is 0 Å². The second-order valence-corrected chi connectivity index (χ2v) is 6.25. The van der Waals surface area contributed by atoms with Crippen molar-refractivity contribution in [1.82, 2.24) is 0 Å². The van der Waals surface area contributed by atoms with Crippen molar-refractivity contribution in [3.05, 3.63) is 34.9 Å². The molecule has 1 aromatic rings. The molecule has 144 valence electrons. The number of ether oxygens (including phenoxy) is 3. The van der Waals surface area contributed by atoms with Gasteiger partial charge in [0.05, 0.1) is 25.9 Å². The lowest BCUT2D eigenvalue weighted by Gasteiger charge is -2.17. The minimum atomic E-state index is -2.18. The number of nitriles is 1. The highest BCUT2D eigenvalue weighted by Crippen LogP contribution is 2.76. The van der Waals surface area contributed by atoms with Crippen LogP contribution in [-0.2, 0) is 28.6 Å². The zero-order valence-corrected chi connectivity index (χ0v) is 16.0. The maximum Gasteiger partial charge on any atom is 0.329 e. The number of carbonyl (C=O) groups is 3. The summed E-state index contributed by atoms with van der Waals surface area (Å²) in [6.07, 6.45) is 0. The molecule has 0 aromatic heterocycles. The smallest absolute Gasteiger partial charge is 0.329 e. The Hall–Kier alpha value is -2.59. The van der Waals surface area contributed by atoms with Crippen molar-refractivity contribution in [3.63, 3.8) is 0 Å². The Bertz CT molecular complexity index is 784. The summed E-state index contributed by atoms with van der Waals surface area (Å²) in [5, 5.41) is 10.1. The third-order valence-corrected chi connectivity index (χ3v) is 4.93. The Kier molecular flexibility index (Phi) is 6.11. The van der Waals surface area contributed by atoms with Crippen LogP contribution in [0.5, 0.6) is 0 Å². The minimum Gasteiger partial charge on any atom is -0.465 e. The predicted octanol–water partition coefficient (Wildman–Crippen LogP) is 2.62. The first-order valence-electron chi connectivity index (χ1n) is 8.57. The van der Waals surface area contributed by atoms with Crippen LogP contribution in [0.15, 0.2) is 24.3 Å². The molecule has 27 heavy (non-hydrogen) atoms. The van der Waals surface area contributed by atoms with E-state index < -0.39 is 34.7 Å². The molecule has 1 aliphatic carbocycles. The molecule has 0 radical (unpaired) electrons. The molecule has 0 unspecified atom stereocenters. The first-order valence-corrected chi connectivity index (χ1v) is 8.95. The SMILES string of the molecule is CCOC(=O)C1(C(=O)OCC)[C@@H](c2ccccc2Cl)[C@]1(C#N)C(=O)OCC. The molecule has 0 amide bonds. The van der Waals surface area contributed by atoms with E-state index in [9.17, 15) is 19.6 Å². The highest BCUT2D eigenvalue weighted by molar-refractivity contribution is 6.32. The summed E-state index contributed by atoms with van der Waals surface area (Å²) < 4.78 is 15.2. The van der Waals surface area contributed by atoms with E-state index >= 15 is 0 Å². The molecule has 0 spiro atoms. The molecular formula is C19H20ClNO6. The summed E-state index contributed by atoms with van der Waals surface area (Å²) in [5.74, 6) is -4.19. The molecule has 0 saturated heterocycles. The van der Waals surface area contributed by atoms with E-state index in [4.69, 9.17) is 25.8 Å². The average Bonchev–Trinajstić information content (AvgIpc) is 3.28. The summed E-state index contributed by atoms with van der Waals surface area (Å²) in [6.45, 7) is 4.56. The molecule has 0 N–H and O–H groups in total. The Morgan fingerprint density at radius 2 is 1.48 bits per heavy atom. The van der Waals surface area contributed by atoms with Gasteiger partial charge >= 0.3 is 17.9 Å². The lowest BCUT2D eigenvalue weighted by molar-refractivity contribution is -0.170. The van der Waals surface area contributed by atoms with E-state index in [1.807, 2.05) is 6.07 Å². The average molecular weight is 394 g/mol. The normalized spacial score (nSPS) is 22.3. The van der Waals surface area contributed by atoms with E-state index in [0.717, 1.165) is 0 Å². The molecule has 1 saturated carbocycles. The van der Waals surface area contributed by atoms with Gasteiger partial charge in [0, 0.05) is 10.9 Å². The highest BCUT2D eigenvalue weighted by Gasteiger charge is 2.92. The standard InChI is InChI=1S/C19H20ClNO6/c1-4-25-15(22)18(11-21)14(12-9-7-8-10-13(12)20)19(18,16(23)26-5-2)17(24)27-6-3/h7-10,14H,4-6H2,1-3H3/t14-,18+/m0/s1. The largest absolute Gasteiger partial charge is 0.465 e. The minimum absolute atomic E-state index is 0.0285. The molecule has 2 rings (SSSR count). The number of carbonyl (C=O) groups excluding carboxylic acids is 3. The fraction of sp³-hybridized carbons (Fsp3) is 0.474. The maximum atomic E-state index is 12.9. The van der Waals surface area contributed by atoms with Gasteiger partial charge in [-0.3, -0.25) is 14.4 Å². The number of hydrogen-bond donors (Lipinski definition) is 0. The molecule has 2 atom stereocenters. The van der Waals surface area contributed by atoms with E-state index in [0.29, 0.717) is 5.56 Å². The fourth-order valence-corrected chi connectivity index (χ4v) is 3.75. The summed E-state index contributed by atoms with van der Waals surface area (Å²) in [4.78, 5) is 38.6. The van der Waals surface area contributed by atoms with E-state index in [1.165, 1.54) is 0 Å². The number of nitrogens with zero attached hydrogens (tertiary/aromatic N) is 1. The van der Waals surface area contributed by atoms with Crippen LogP contribution in [0.4, 0.5) is 0 Å². The first-order chi connectivity index (χ1) is 12.9. The van der Waals surface area contributed by atoms with Gasteiger partial charge in [0.25, 0.3) is 0 Å². The monoisotopic (exact) mass is 393 g/mol. The van der Waals surface area contributed by atoms with Crippen molar-refractivity contribution >= 4 is 29.5 Å². The molecule has 0 bridgehead atoms. The van der Waals surface area contributed by atoms with Crippen LogP contribution in [0.3, 0.4) is 0 Å². The van der Waals surface area contributed by atoms with Gasteiger partial charge in [-0.2, -0.15) is 5.26 Å². The predicted molar refractivity (Wildman–Crippen MR) is 94.6 cm³/mol. The van der Waals surface area contributed by atoms with Gasteiger partial charge in [-0.05, 0) is 32.4 Å². The highest BCUT2D eigenvalue weighted by atomic mass is 35.5. The van der Waals surface area contributed by atoms with Crippen molar-refractivity contribution in [2.45, 2.75) is 26.7 Å². The van der Waals surface area contributed by atoms with Crippen LogP contribution in [0, 0.1) is 22.2 Å². The van der Waals surface area contributed by atoms with E-state index in [1.54, 1.807) is 45.0 Å². The van der Waals surface area contributed by atoms with Gasteiger partial charge in [-0.25, -0.2) is 0 Å². The van der Waals surface area contributed by atoms with Crippen LogP contribution in [0.1, 0.15) is 32.3 Å². The molecule has 1 aliphatic rings. The van der Waals surface area contributed by atoms with Crippen molar-refractivity contribution in [2.24, 2.45) is 10.8 Å². The van der Waals surface area contributed by atoms with E-state index in [2.05, 4.69) is 0 Å². The Labute approximate surface area is 162 Å². The van der Waals surface area contributed by atoms with Gasteiger partial charge in [0.2, 0.25) is 5.41 Å². The van der Waals surface area contributed by atoms with Crippen molar-refractivity contribution in [3.8, 4) is 6.07 Å². The third-order valence-electron chi connectivity index (χ3n) is 4.59. The Morgan fingerprint density at radius 1 is 1.00 bits per heavy atom. The second kappa shape index (κ2) is 7.97. The van der Waals surface area contributed by atoms with Crippen LogP contribution in [-0.4, -0.2) is 37.7 Å². The van der Waals surface area contributed by atoms with Gasteiger partial charge in [0.1, 0.15) is 0 Å².